The van der Waals surface area contributed by atoms with Crippen molar-refractivity contribution in [3.8, 4) is 0 Å². The average molecular weight is 318 g/mol. The van der Waals surface area contributed by atoms with E-state index in [1.165, 1.54) is 17.8 Å². The van der Waals surface area contributed by atoms with Gasteiger partial charge in [-0.25, -0.2) is 4.39 Å². The predicted molar refractivity (Wildman–Crippen MR) is 86.4 cm³/mol. The number of amides is 1. The summed E-state index contributed by atoms with van der Waals surface area (Å²) in [5.41, 5.74) is 1.11. The molecule has 0 aliphatic rings. The Morgan fingerprint density at radius 1 is 1.40 bits per heavy atom. The van der Waals surface area contributed by atoms with Crippen LogP contribution in [0.25, 0.3) is 0 Å². The highest BCUT2D eigenvalue weighted by molar-refractivity contribution is 7.99. The van der Waals surface area contributed by atoms with Gasteiger partial charge in [0.15, 0.2) is 0 Å². The average Bonchev–Trinajstić information content (AvgIpc) is 2.41. The molecule has 1 rings (SSSR count). The number of aryl methyl sites for hydroxylation is 1. The number of carbonyl (C=O) groups is 1. The summed E-state index contributed by atoms with van der Waals surface area (Å²) in [6.07, 6.45) is 3.56. The molecule has 0 atom stereocenters. The number of rotatable bonds is 6. The molecule has 112 valence electrons. The Bertz CT molecular complexity index is 477. The minimum Gasteiger partial charge on any atom is -0.307 e. The van der Waals surface area contributed by atoms with Crippen LogP contribution in [0.5, 0.6) is 0 Å². The summed E-state index contributed by atoms with van der Waals surface area (Å²) in [5, 5.41) is 0.287. The van der Waals surface area contributed by atoms with Crippen molar-refractivity contribution in [2.24, 2.45) is 0 Å². The van der Waals surface area contributed by atoms with Gasteiger partial charge in [-0.3, -0.25) is 4.79 Å². The molecular weight excluding hydrogens is 297 g/mol. The molecule has 0 bridgehead atoms. The summed E-state index contributed by atoms with van der Waals surface area (Å²) in [6.45, 7) is 5.76. The van der Waals surface area contributed by atoms with Gasteiger partial charge >= 0.3 is 0 Å². The lowest BCUT2D eigenvalue weighted by atomic mass is 10.1. The van der Waals surface area contributed by atoms with E-state index in [9.17, 15) is 9.18 Å². The first-order valence-electron chi connectivity index (χ1n) is 6.72. The van der Waals surface area contributed by atoms with Crippen LogP contribution in [0, 0.1) is 12.7 Å². The molecule has 0 saturated heterocycles. The predicted octanol–water partition coefficient (Wildman–Crippen LogP) is 4.67. The fourth-order valence-electron chi connectivity index (χ4n) is 2.21. The van der Waals surface area contributed by atoms with Gasteiger partial charge in [-0.15, -0.1) is 0 Å². The van der Waals surface area contributed by atoms with Gasteiger partial charge in [-0.2, -0.15) is 11.8 Å². The van der Waals surface area contributed by atoms with Crippen LogP contribution in [0.4, 0.5) is 10.1 Å². The third-order valence-electron chi connectivity index (χ3n) is 3.33. The van der Waals surface area contributed by atoms with E-state index in [1.807, 2.05) is 20.1 Å². The zero-order chi connectivity index (χ0) is 15.3. The maximum Gasteiger partial charge on any atom is 0.237 e. The number of thioether (sulfide) groups is 1. The Morgan fingerprint density at radius 3 is 2.50 bits per heavy atom. The number of benzene rings is 1. The van der Waals surface area contributed by atoms with E-state index in [0.717, 1.165) is 12.8 Å². The number of carbonyl (C=O) groups excluding carboxylic acids is 1. The molecule has 1 aromatic carbocycles. The molecule has 0 radical (unpaired) electrons. The molecule has 0 N–H and O–H groups in total. The van der Waals surface area contributed by atoms with Crippen molar-refractivity contribution in [1.82, 2.24) is 0 Å². The second kappa shape index (κ2) is 7.89. The monoisotopic (exact) mass is 317 g/mol. The zero-order valence-corrected chi connectivity index (χ0v) is 13.9. The van der Waals surface area contributed by atoms with Crippen molar-refractivity contribution >= 4 is 35.0 Å². The third kappa shape index (κ3) is 3.89. The number of hydrogen-bond acceptors (Lipinski definition) is 2. The molecule has 0 spiro atoms. The lowest BCUT2D eigenvalue weighted by Crippen LogP contribution is -2.41. The largest absolute Gasteiger partial charge is 0.307 e. The van der Waals surface area contributed by atoms with Crippen molar-refractivity contribution in [3.05, 3.63) is 28.5 Å². The number of halogens is 2. The third-order valence-corrected chi connectivity index (χ3v) is 4.17. The first-order chi connectivity index (χ1) is 9.46. The molecule has 0 aromatic heterocycles. The maximum absolute atomic E-state index is 13.5. The van der Waals surface area contributed by atoms with Crippen molar-refractivity contribution in [3.63, 3.8) is 0 Å². The van der Waals surface area contributed by atoms with Gasteiger partial charge in [-0.1, -0.05) is 25.4 Å². The molecule has 0 unspecified atom stereocenters. The maximum atomic E-state index is 13.5. The molecule has 2 nitrogen and oxygen atoms in total. The van der Waals surface area contributed by atoms with E-state index in [-0.39, 0.29) is 22.8 Å². The van der Waals surface area contributed by atoms with Crippen LogP contribution >= 0.6 is 23.4 Å². The fourth-order valence-corrected chi connectivity index (χ4v) is 2.84. The molecular formula is C15H21ClFNOS. The summed E-state index contributed by atoms with van der Waals surface area (Å²) in [6, 6.07) is 3.03. The Labute approximate surface area is 129 Å². The molecule has 0 aliphatic carbocycles. The van der Waals surface area contributed by atoms with E-state index >= 15 is 0 Å². The first-order valence-corrected chi connectivity index (χ1v) is 8.50. The quantitative estimate of drug-likeness (QED) is 0.759. The summed E-state index contributed by atoms with van der Waals surface area (Å²) in [5.74, 6) is 0.0585. The van der Waals surface area contributed by atoms with Crippen molar-refractivity contribution < 1.29 is 9.18 Å². The molecule has 20 heavy (non-hydrogen) atoms. The smallest absolute Gasteiger partial charge is 0.237 e. The normalized spacial score (nSPS) is 10.9. The Morgan fingerprint density at radius 2 is 2.00 bits per heavy atom. The summed E-state index contributed by atoms with van der Waals surface area (Å²) < 4.78 is 13.5. The van der Waals surface area contributed by atoms with E-state index in [0.29, 0.717) is 17.0 Å². The molecule has 0 aliphatic heterocycles. The van der Waals surface area contributed by atoms with Crippen LogP contribution < -0.4 is 4.90 Å². The molecule has 5 heteroatoms. The van der Waals surface area contributed by atoms with Crippen LogP contribution in [-0.2, 0) is 4.79 Å². The summed E-state index contributed by atoms with van der Waals surface area (Å²) in [7, 11) is 0. The van der Waals surface area contributed by atoms with Gasteiger partial charge in [0.1, 0.15) is 5.82 Å². The highest BCUT2D eigenvalue weighted by Crippen LogP contribution is 2.32. The lowest BCUT2D eigenvalue weighted by molar-refractivity contribution is -0.116. The summed E-state index contributed by atoms with van der Waals surface area (Å²) in [4.78, 5) is 14.1. The van der Waals surface area contributed by atoms with Crippen LogP contribution in [0.3, 0.4) is 0 Å². The molecule has 0 saturated carbocycles. The van der Waals surface area contributed by atoms with E-state index in [1.54, 1.807) is 17.9 Å². The van der Waals surface area contributed by atoms with Crippen molar-refractivity contribution in [1.29, 1.82) is 0 Å². The van der Waals surface area contributed by atoms with E-state index < -0.39 is 0 Å². The molecule has 0 heterocycles. The lowest BCUT2D eigenvalue weighted by Gasteiger charge is -2.31. The Kier molecular flexibility index (Phi) is 6.83. The topological polar surface area (TPSA) is 20.3 Å². The Balaban J connectivity index is 3.29. The van der Waals surface area contributed by atoms with Gasteiger partial charge in [0, 0.05) is 6.04 Å². The second-order valence-corrected chi connectivity index (χ2v) is 5.99. The number of anilines is 1. The van der Waals surface area contributed by atoms with Gasteiger partial charge in [0.25, 0.3) is 0 Å². The van der Waals surface area contributed by atoms with E-state index in [2.05, 4.69) is 0 Å². The number of nitrogens with zero attached hydrogens (tertiary/aromatic N) is 1. The first kappa shape index (κ1) is 17.3. The highest BCUT2D eigenvalue weighted by atomic mass is 35.5. The number of hydrogen-bond donors (Lipinski definition) is 0. The standard InChI is InChI=1S/C15H21ClFNOS/c1-5-11(6-2)18(15(19)9-20-4)14-7-10(3)13(17)8-12(14)16/h7-8,11H,5-6,9H2,1-4H3. The van der Waals surface area contributed by atoms with E-state index in [4.69, 9.17) is 11.6 Å². The van der Waals surface area contributed by atoms with Gasteiger partial charge in [0.05, 0.1) is 16.5 Å². The molecule has 1 aromatic rings. The summed E-state index contributed by atoms with van der Waals surface area (Å²) >= 11 is 7.63. The van der Waals surface area contributed by atoms with Crippen molar-refractivity contribution in [2.75, 3.05) is 16.9 Å². The Hall–Kier alpha value is -0.740. The minimum absolute atomic E-state index is 0.0131. The molecule has 1 amide bonds. The van der Waals surface area contributed by atoms with Gasteiger partial charge in [0.2, 0.25) is 5.91 Å². The van der Waals surface area contributed by atoms with Crippen LogP contribution in [-0.4, -0.2) is 24.0 Å². The van der Waals surface area contributed by atoms with Crippen LogP contribution in [0.1, 0.15) is 32.3 Å². The second-order valence-electron chi connectivity index (χ2n) is 4.72. The van der Waals surface area contributed by atoms with Crippen LogP contribution in [0.2, 0.25) is 5.02 Å². The van der Waals surface area contributed by atoms with Crippen molar-refractivity contribution in [2.45, 2.75) is 39.7 Å². The highest BCUT2D eigenvalue weighted by Gasteiger charge is 2.25. The van der Waals surface area contributed by atoms with Crippen LogP contribution in [0.15, 0.2) is 12.1 Å². The fraction of sp³-hybridized carbons (Fsp3) is 0.533. The minimum atomic E-state index is -0.347. The van der Waals surface area contributed by atoms with Gasteiger partial charge < -0.3 is 4.90 Å². The zero-order valence-electron chi connectivity index (χ0n) is 12.4. The van der Waals surface area contributed by atoms with Gasteiger partial charge in [-0.05, 0) is 43.7 Å². The molecule has 0 fully saturated rings. The SMILES string of the molecule is CCC(CC)N(C(=O)CSC)c1cc(C)c(F)cc1Cl.